The van der Waals surface area contributed by atoms with E-state index in [4.69, 9.17) is 26.2 Å². The number of nitriles is 2. The first-order valence-corrected chi connectivity index (χ1v) is 4.57. The van der Waals surface area contributed by atoms with E-state index >= 15 is 0 Å². The summed E-state index contributed by atoms with van der Waals surface area (Å²) in [5.41, 5.74) is 1.65. The molecule has 0 saturated carbocycles. The van der Waals surface area contributed by atoms with Crippen molar-refractivity contribution in [3.8, 4) is 12.1 Å². The van der Waals surface area contributed by atoms with E-state index in [2.05, 4.69) is 15.8 Å². The predicted octanol–water partition coefficient (Wildman–Crippen LogP) is -0.817. The van der Waals surface area contributed by atoms with E-state index in [1.165, 1.54) is 6.07 Å². The van der Waals surface area contributed by atoms with Crippen LogP contribution in [0.15, 0.2) is 12.6 Å². The molecule has 2 nitrogen and oxygen atoms in total. The Bertz CT molecular complexity index is 524. The molecule has 1 aromatic carbocycles. The second-order valence-corrected chi connectivity index (χ2v) is 3.50. The summed E-state index contributed by atoms with van der Waals surface area (Å²) in [7, 11) is 13.8. The Labute approximate surface area is 93.6 Å². The lowest BCUT2D eigenvalue weighted by Gasteiger charge is -2.11. The Balaban J connectivity index is 3.58. The Morgan fingerprint density at radius 1 is 1.40 bits per heavy atom. The lowest BCUT2D eigenvalue weighted by Crippen LogP contribution is -2.32. The lowest BCUT2D eigenvalue weighted by atomic mass is 9.79. The van der Waals surface area contributed by atoms with Crippen LogP contribution in [0.5, 0.6) is 0 Å². The van der Waals surface area contributed by atoms with Crippen LogP contribution in [-0.4, -0.2) is 15.7 Å². The summed E-state index contributed by atoms with van der Waals surface area (Å²) in [5, 5.41) is 18.0. The molecule has 1 aromatic rings. The van der Waals surface area contributed by atoms with Crippen molar-refractivity contribution in [1.29, 1.82) is 10.5 Å². The van der Waals surface area contributed by atoms with Gasteiger partial charge in [0, 0.05) is 0 Å². The summed E-state index contributed by atoms with van der Waals surface area (Å²) in [6, 6.07) is 5.33. The molecule has 0 spiro atoms. The van der Waals surface area contributed by atoms with Gasteiger partial charge in [0.15, 0.2) is 0 Å². The number of benzene rings is 1. The highest BCUT2D eigenvalue weighted by atomic mass is 31.0. The summed E-state index contributed by atoms with van der Waals surface area (Å²) in [6.45, 7) is 3.55. The Hall–Kier alpha value is -1.50. The summed E-state index contributed by atoms with van der Waals surface area (Å²) >= 11 is 0. The van der Waals surface area contributed by atoms with Gasteiger partial charge in [0.25, 0.3) is 0 Å². The van der Waals surface area contributed by atoms with Crippen LogP contribution >= 0.6 is 9.24 Å². The second-order valence-electron chi connectivity index (χ2n) is 2.92. The highest BCUT2D eigenvalue weighted by Gasteiger charge is 2.10. The van der Waals surface area contributed by atoms with Gasteiger partial charge >= 0.3 is 0 Å². The Morgan fingerprint density at radius 3 is 2.47 bits per heavy atom. The molecule has 1 atom stereocenters. The highest BCUT2D eigenvalue weighted by molar-refractivity contribution is 7.28. The maximum Gasteiger partial charge on any atom is 0.115 e. The third-order valence-electron chi connectivity index (χ3n) is 2.01. The van der Waals surface area contributed by atoms with E-state index < -0.39 is 0 Å². The van der Waals surface area contributed by atoms with Gasteiger partial charge in [-0.05, 0) is 10.9 Å². The third-order valence-corrected chi connectivity index (χ3v) is 2.61. The van der Waals surface area contributed by atoms with Gasteiger partial charge < -0.3 is 0 Å². The number of hydrogen-bond acceptors (Lipinski definition) is 2. The van der Waals surface area contributed by atoms with E-state index in [-0.39, 0.29) is 5.57 Å². The molecule has 0 fully saturated rings. The van der Waals surface area contributed by atoms with E-state index in [0.717, 1.165) is 0 Å². The average Bonchev–Trinajstić information content (AvgIpc) is 2.23. The molecule has 0 aliphatic rings. The standard InChI is InChI=1S/C10H5B2N2P/c1-5(3-13)6-2-8(11)7(4-14)10(15)9(6)12/h2H,1,15H2. The van der Waals surface area contributed by atoms with Crippen molar-refractivity contribution < 1.29 is 0 Å². The molecule has 0 amide bonds. The number of hydrogen-bond donors (Lipinski definition) is 0. The van der Waals surface area contributed by atoms with E-state index in [0.29, 0.717) is 27.4 Å². The zero-order chi connectivity index (χ0) is 11.6. The van der Waals surface area contributed by atoms with Crippen LogP contribution in [-0.2, 0) is 0 Å². The zero-order valence-corrected chi connectivity index (χ0v) is 9.07. The van der Waals surface area contributed by atoms with Gasteiger partial charge in [-0.3, -0.25) is 0 Å². The predicted molar refractivity (Wildman–Crippen MR) is 65.9 cm³/mol. The fraction of sp³-hybridized carbons (Fsp3) is 0. The van der Waals surface area contributed by atoms with E-state index in [1.807, 2.05) is 12.1 Å². The fourth-order valence-corrected chi connectivity index (χ4v) is 1.56. The number of allylic oxidation sites excluding steroid dienone is 1. The summed E-state index contributed by atoms with van der Waals surface area (Å²) in [5.74, 6) is 0. The van der Waals surface area contributed by atoms with Crippen molar-refractivity contribution >= 4 is 46.7 Å². The Morgan fingerprint density at radius 2 is 2.00 bits per heavy atom. The summed E-state index contributed by atoms with van der Waals surface area (Å²) in [6.07, 6.45) is 0. The summed E-state index contributed by atoms with van der Waals surface area (Å²) < 4.78 is 0. The van der Waals surface area contributed by atoms with Crippen LogP contribution < -0.4 is 16.2 Å². The van der Waals surface area contributed by atoms with Crippen molar-refractivity contribution in [3.63, 3.8) is 0 Å². The molecule has 4 radical (unpaired) electrons. The van der Waals surface area contributed by atoms with Crippen LogP contribution in [0.4, 0.5) is 0 Å². The minimum atomic E-state index is 0.229. The molecule has 0 bridgehead atoms. The minimum absolute atomic E-state index is 0.229. The average molecular weight is 206 g/mol. The molecule has 66 valence electrons. The van der Waals surface area contributed by atoms with Gasteiger partial charge in [-0.15, -0.1) is 9.24 Å². The SMILES string of the molecule is [B]c1cc(C(=C)C#N)c([B])c(P)c1C#N. The van der Waals surface area contributed by atoms with Crippen molar-refractivity contribution in [2.75, 3.05) is 0 Å². The van der Waals surface area contributed by atoms with Crippen LogP contribution in [0.2, 0.25) is 0 Å². The monoisotopic (exact) mass is 206 g/mol. The van der Waals surface area contributed by atoms with Crippen LogP contribution in [0, 0.1) is 22.7 Å². The topological polar surface area (TPSA) is 47.6 Å². The third kappa shape index (κ3) is 1.96. The maximum absolute atomic E-state index is 8.82. The van der Waals surface area contributed by atoms with Crippen LogP contribution in [0.1, 0.15) is 11.1 Å². The lowest BCUT2D eigenvalue weighted by molar-refractivity contribution is 1.51. The number of rotatable bonds is 1. The molecule has 0 aliphatic carbocycles. The van der Waals surface area contributed by atoms with Crippen molar-refractivity contribution in [2.24, 2.45) is 0 Å². The molecule has 0 aliphatic heterocycles. The molecule has 5 heteroatoms. The first kappa shape index (κ1) is 11.6. The first-order chi connectivity index (χ1) is 7.02. The van der Waals surface area contributed by atoms with Gasteiger partial charge in [0.2, 0.25) is 0 Å². The van der Waals surface area contributed by atoms with E-state index in [9.17, 15) is 0 Å². The largest absolute Gasteiger partial charge is 0.192 e. The summed E-state index contributed by atoms with van der Waals surface area (Å²) in [4.78, 5) is 0. The van der Waals surface area contributed by atoms with Crippen molar-refractivity contribution in [1.82, 2.24) is 0 Å². The van der Waals surface area contributed by atoms with Gasteiger partial charge in [-0.1, -0.05) is 23.6 Å². The zero-order valence-electron chi connectivity index (χ0n) is 7.91. The number of nitrogens with zero attached hydrogens (tertiary/aromatic N) is 2. The van der Waals surface area contributed by atoms with Crippen LogP contribution in [0.3, 0.4) is 0 Å². The van der Waals surface area contributed by atoms with Crippen molar-refractivity contribution in [2.45, 2.75) is 0 Å². The molecule has 0 heterocycles. The molecule has 0 saturated heterocycles. The molecule has 0 aromatic heterocycles. The fourth-order valence-electron chi connectivity index (χ4n) is 1.18. The quantitative estimate of drug-likeness (QED) is 0.342. The first-order valence-electron chi connectivity index (χ1n) is 3.99. The second kappa shape index (κ2) is 4.35. The Kier molecular flexibility index (Phi) is 3.35. The van der Waals surface area contributed by atoms with Crippen molar-refractivity contribution in [3.05, 3.63) is 23.8 Å². The van der Waals surface area contributed by atoms with Crippen LogP contribution in [0.25, 0.3) is 5.57 Å². The minimum Gasteiger partial charge on any atom is -0.192 e. The highest BCUT2D eigenvalue weighted by Crippen LogP contribution is 2.08. The van der Waals surface area contributed by atoms with Gasteiger partial charge in [-0.2, -0.15) is 10.5 Å². The molecule has 15 heavy (non-hydrogen) atoms. The van der Waals surface area contributed by atoms with Gasteiger partial charge in [0.05, 0.1) is 23.3 Å². The molecular formula is C10H5B2N2P. The smallest absolute Gasteiger partial charge is 0.115 e. The molecule has 1 rings (SSSR count). The maximum atomic E-state index is 8.82. The van der Waals surface area contributed by atoms with Gasteiger partial charge in [-0.25, -0.2) is 0 Å². The normalized spacial score (nSPS) is 9.00. The van der Waals surface area contributed by atoms with Gasteiger partial charge in [0.1, 0.15) is 15.7 Å². The molecule has 0 N–H and O–H groups in total. The molecule has 1 unspecified atom stereocenters. The molecular weight excluding hydrogens is 201 g/mol. The van der Waals surface area contributed by atoms with E-state index in [1.54, 1.807) is 0 Å².